The van der Waals surface area contributed by atoms with E-state index in [0.717, 1.165) is 17.5 Å². The molecule has 0 aliphatic rings. The van der Waals surface area contributed by atoms with E-state index < -0.39 is 11.5 Å². The molecule has 0 radical (unpaired) electrons. The summed E-state index contributed by atoms with van der Waals surface area (Å²) in [6.07, 6.45) is 1.08. The van der Waals surface area contributed by atoms with Gasteiger partial charge in [0.1, 0.15) is 0 Å². The molecule has 0 spiro atoms. The number of nitrogens with one attached hydrogen (secondary N) is 1. The summed E-state index contributed by atoms with van der Waals surface area (Å²) in [6, 6.07) is 7.84. The number of hydrogen-bond acceptors (Lipinski definition) is 2. The van der Waals surface area contributed by atoms with E-state index in [-0.39, 0.29) is 24.7 Å². The van der Waals surface area contributed by atoms with Crippen LogP contribution < -0.4 is 5.32 Å². The third kappa shape index (κ3) is 4.88. The van der Waals surface area contributed by atoms with Gasteiger partial charge in [-0.3, -0.25) is 9.59 Å². The van der Waals surface area contributed by atoms with Gasteiger partial charge in [0.2, 0.25) is 5.91 Å². The molecule has 1 rings (SSSR count). The van der Waals surface area contributed by atoms with Gasteiger partial charge in [-0.1, -0.05) is 45.0 Å². The Morgan fingerprint density at radius 3 is 2.29 bits per heavy atom. The SMILES string of the molecule is CCc1ccccc1CC(=O)NC(C)(CC(=O)O)C(C)C. The van der Waals surface area contributed by atoms with Crippen molar-refractivity contribution in [2.45, 2.75) is 52.5 Å². The van der Waals surface area contributed by atoms with Crippen molar-refractivity contribution in [1.29, 1.82) is 0 Å². The third-order valence-corrected chi connectivity index (χ3v) is 4.07. The summed E-state index contributed by atoms with van der Waals surface area (Å²) in [5, 5.41) is 11.9. The van der Waals surface area contributed by atoms with Crippen LogP contribution in [0.5, 0.6) is 0 Å². The first-order valence-corrected chi connectivity index (χ1v) is 7.38. The first-order valence-electron chi connectivity index (χ1n) is 7.38. The molecule has 1 amide bonds. The van der Waals surface area contributed by atoms with Crippen LogP contribution in [-0.4, -0.2) is 22.5 Å². The van der Waals surface area contributed by atoms with Gasteiger partial charge in [0, 0.05) is 5.54 Å². The van der Waals surface area contributed by atoms with Crippen LogP contribution in [0.15, 0.2) is 24.3 Å². The summed E-state index contributed by atoms with van der Waals surface area (Å²) in [5.74, 6) is -0.993. The van der Waals surface area contributed by atoms with Crippen molar-refractivity contribution in [2.75, 3.05) is 0 Å². The van der Waals surface area contributed by atoms with Crippen LogP contribution >= 0.6 is 0 Å². The second kappa shape index (κ2) is 7.25. The smallest absolute Gasteiger partial charge is 0.305 e. The minimum atomic E-state index is -0.902. The number of carboxylic acid groups (broad SMARTS) is 1. The van der Waals surface area contributed by atoms with Crippen molar-refractivity contribution in [3.05, 3.63) is 35.4 Å². The Balaban J connectivity index is 2.81. The number of hydrogen-bond donors (Lipinski definition) is 2. The second-order valence-electron chi connectivity index (χ2n) is 5.99. The van der Waals surface area contributed by atoms with Gasteiger partial charge < -0.3 is 10.4 Å². The maximum atomic E-state index is 12.3. The highest BCUT2D eigenvalue weighted by Crippen LogP contribution is 2.21. The molecule has 1 atom stereocenters. The van der Waals surface area contributed by atoms with Crippen molar-refractivity contribution in [1.82, 2.24) is 5.32 Å². The molecule has 0 fully saturated rings. The minimum absolute atomic E-state index is 0.0407. The molecule has 116 valence electrons. The van der Waals surface area contributed by atoms with Crippen LogP contribution in [-0.2, 0) is 22.4 Å². The van der Waals surface area contributed by atoms with Crippen molar-refractivity contribution in [3.63, 3.8) is 0 Å². The van der Waals surface area contributed by atoms with Gasteiger partial charge in [0.05, 0.1) is 12.8 Å². The highest BCUT2D eigenvalue weighted by atomic mass is 16.4. The summed E-state index contributed by atoms with van der Waals surface area (Å²) < 4.78 is 0. The molecule has 0 bridgehead atoms. The summed E-state index contributed by atoms with van der Waals surface area (Å²) in [7, 11) is 0. The first kappa shape index (κ1) is 17.2. The highest BCUT2D eigenvalue weighted by Gasteiger charge is 2.32. The second-order valence-corrected chi connectivity index (χ2v) is 5.99. The van der Waals surface area contributed by atoms with E-state index in [1.54, 1.807) is 6.92 Å². The fourth-order valence-electron chi connectivity index (χ4n) is 2.32. The van der Waals surface area contributed by atoms with Gasteiger partial charge in [-0.15, -0.1) is 0 Å². The summed E-state index contributed by atoms with van der Waals surface area (Å²) in [4.78, 5) is 23.3. The maximum absolute atomic E-state index is 12.3. The summed E-state index contributed by atoms with van der Waals surface area (Å²) in [6.45, 7) is 7.68. The Morgan fingerprint density at radius 2 is 1.81 bits per heavy atom. The van der Waals surface area contributed by atoms with E-state index in [9.17, 15) is 9.59 Å². The van der Waals surface area contributed by atoms with Gasteiger partial charge in [-0.25, -0.2) is 0 Å². The number of aliphatic carboxylic acids is 1. The van der Waals surface area contributed by atoms with Crippen LogP contribution in [0.25, 0.3) is 0 Å². The van der Waals surface area contributed by atoms with Gasteiger partial charge in [-0.2, -0.15) is 0 Å². The molecule has 1 unspecified atom stereocenters. The lowest BCUT2D eigenvalue weighted by molar-refractivity contribution is -0.139. The first-order chi connectivity index (χ1) is 9.78. The van der Waals surface area contributed by atoms with Crippen LogP contribution in [0.2, 0.25) is 0 Å². The number of carboxylic acids is 1. The zero-order chi connectivity index (χ0) is 16.0. The largest absolute Gasteiger partial charge is 0.481 e. The molecular weight excluding hydrogens is 266 g/mol. The third-order valence-electron chi connectivity index (χ3n) is 4.07. The van der Waals surface area contributed by atoms with Crippen LogP contribution in [0, 0.1) is 5.92 Å². The van der Waals surface area contributed by atoms with Crippen LogP contribution in [0.1, 0.15) is 45.2 Å². The van der Waals surface area contributed by atoms with Crippen molar-refractivity contribution >= 4 is 11.9 Å². The Labute approximate surface area is 126 Å². The predicted octanol–water partition coefficient (Wildman–Crippen LogP) is 2.80. The molecule has 0 aliphatic heterocycles. The lowest BCUT2D eigenvalue weighted by atomic mass is 9.85. The molecular formula is C17H25NO3. The number of benzene rings is 1. The molecule has 0 heterocycles. The van der Waals surface area contributed by atoms with E-state index in [1.165, 1.54) is 0 Å². The Hall–Kier alpha value is -1.84. The van der Waals surface area contributed by atoms with E-state index >= 15 is 0 Å². The molecule has 0 saturated heterocycles. The summed E-state index contributed by atoms with van der Waals surface area (Å²) >= 11 is 0. The lowest BCUT2D eigenvalue weighted by Crippen LogP contribution is -2.51. The number of carbonyl (C=O) groups excluding carboxylic acids is 1. The standard InChI is InChI=1S/C17H25NO3/c1-5-13-8-6-7-9-14(13)10-15(19)18-17(4,12(2)3)11-16(20)21/h6-9,12H,5,10-11H2,1-4H3,(H,18,19)(H,20,21). The molecule has 4 heteroatoms. The van der Waals surface area contributed by atoms with Crippen molar-refractivity contribution < 1.29 is 14.7 Å². The minimum Gasteiger partial charge on any atom is -0.481 e. The predicted molar refractivity (Wildman–Crippen MR) is 83.2 cm³/mol. The Morgan fingerprint density at radius 1 is 1.24 bits per heavy atom. The van der Waals surface area contributed by atoms with Crippen molar-refractivity contribution in [2.24, 2.45) is 5.92 Å². The molecule has 4 nitrogen and oxygen atoms in total. The monoisotopic (exact) mass is 291 g/mol. The quantitative estimate of drug-likeness (QED) is 0.812. The number of rotatable bonds is 7. The summed E-state index contributed by atoms with van der Waals surface area (Å²) in [5.41, 5.74) is 1.42. The Bertz CT molecular complexity index is 511. The van der Waals surface area contributed by atoms with Gasteiger partial charge in [0.15, 0.2) is 0 Å². The van der Waals surface area contributed by atoms with Crippen LogP contribution in [0.3, 0.4) is 0 Å². The zero-order valence-corrected chi connectivity index (χ0v) is 13.3. The molecule has 0 aromatic heterocycles. The van der Waals surface area contributed by atoms with Gasteiger partial charge in [-0.05, 0) is 30.4 Å². The van der Waals surface area contributed by atoms with E-state index in [1.807, 2.05) is 38.1 Å². The molecule has 1 aromatic rings. The topological polar surface area (TPSA) is 66.4 Å². The number of aryl methyl sites for hydroxylation is 1. The van der Waals surface area contributed by atoms with Crippen LogP contribution in [0.4, 0.5) is 0 Å². The maximum Gasteiger partial charge on any atom is 0.305 e. The molecule has 0 saturated carbocycles. The zero-order valence-electron chi connectivity index (χ0n) is 13.3. The average molecular weight is 291 g/mol. The van der Waals surface area contributed by atoms with Crippen molar-refractivity contribution in [3.8, 4) is 0 Å². The van der Waals surface area contributed by atoms with Gasteiger partial charge in [0.25, 0.3) is 0 Å². The van der Waals surface area contributed by atoms with E-state index in [0.29, 0.717) is 0 Å². The molecule has 21 heavy (non-hydrogen) atoms. The average Bonchev–Trinajstić information content (AvgIpc) is 2.37. The lowest BCUT2D eigenvalue weighted by Gasteiger charge is -2.33. The molecule has 0 aliphatic carbocycles. The van der Waals surface area contributed by atoms with E-state index in [4.69, 9.17) is 5.11 Å². The molecule has 1 aromatic carbocycles. The fraction of sp³-hybridized carbons (Fsp3) is 0.529. The highest BCUT2D eigenvalue weighted by molar-refractivity contribution is 5.80. The van der Waals surface area contributed by atoms with Gasteiger partial charge >= 0.3 is 5.97 Å². The molecule has 2 N–H and O–H groups in total. The fourth-order valence-corrected chi connectivity index (χ4v) is 2.32. The normalized spacial score (nSPS) is 13.8. The van der Waals surface area contributed by atoms with E-state index in [2.05, 4.69) is 12.2 Å². The number of amides is 1. The Kier molecular flexibility index (Phi) is 5.94. The number of carbonyl (C=O) groups is 2.